The first-order valence-corrected chi connectivity index (χ1v) is 10.4. The van der Waals surface area contributed by atoms with Gasteiger partial charge in [-0.3, -0.25) is 4.99 Å². The maximum Gasteiger partial charge on any atom is 0.191 e. The zero-order valence-electron chi connectivity index (χ0n) is 15.4. The SMILES string of the molecule is CCNC(=NCC1CCOC1c1ccccc1)NCCCCSC.I. The standard InChI is InChI=1S/C19H31N3OS.HI/c1-3-20-19(21-12-7-8-14-24-2)22-15-17-11-13-23-18(17)16-9-5-4-6-10-16;/h4-6,9-10,17-18H,3,7-8,11-15H2,1-2H3,(H2,20,21,22);1H. The first-order valence-electron chi connectivity index (χ1n) is 9.02. The van der Waals surface area contributed by atoms with E-state index in [4.69, 9.17) is 9.73 Å². The Kier molecular flexibility index (Phi) is 12.4. The van der Waals surface area contributed by atoms with Crippen molar-refractivity contribution in [3.63, 3.8) is 0 Å². The quantitative estimate of drug-likeness (QED) is 0.244. The van der Waals surface area contributed by atoms with Crippen molar-refractivity contribution in [2.24, 2.45) is 10.9 Å². The van der Waals surface area contributed by atoms with E-state index in [0.717, 1.165) is 38.6 Å². The number of halogens is 1. The van der Waals surface area contributed by atoms with Crippen molar-refractivity contribution in [3.05, 3.63) is 35.9 Å². The molecule has 0 aromatic heterocycles. The van der Waals surface area contributed by atoms with Crippen LogP contribution in [0.15, 0.2) is 35.3 Å². The van der Waals surface area contributed by atoms with Gasteiger partial charge in [-0.2, -0.15) is 11.8 Å². The van der Waals surface area contributed by atoms with Gasteiger partial charge in [-0.25, -0.2) is 0 Å². The van der Waals surface area contributed by atoms with Gasteiger partial charge in [0.25, 0.3) is 0 Å². The van der Waals surface area contributed by atoms with Crippen molar-refractivity contribution >= 4 is 41.7 Å². The van der Waals surface area contributed by atoms with Crippen LogP contribution in [0.25, 0.3) is 0 Å². The monoisotopic (exact) mass is 477 g/mol. The third-order valence-corrected chi connectivity index (χ3v) is 4.94. The van der Waals surface area contributed by atoms with E-state index in [2.05, 4.69) is 54.1 Å². The maximum absolute atomic E-state index is 5.96. The second kappa shape index (κ2) is 13.7. The van der Waals surface area contributed by atoms with Gasteiger partial charge in [0.15, 0.2) is 5.96 Å². The Morgan fingerprint density at radius 1 is 1.24 bits per heavy atom. The van der Waals surface area contributed by atoms with Crippen molar-refractivity contribution in [1.29, 1.82) is 0 Å². The highest BCUT2D eigenvalue weighted by molar-refractivity contribution is 14.0. The molecule has 0 radical (unpaired) electrons. The molecule has 6 heteroatoms. The number of unbranched alkanes of at least 4 members (excludes halogenated alkanes) is 1. The minimum Gasteiger partial charge on any atom is -0.373 e. The molecular weight excluding hydrogens is 445 g/mol. The molecule has 1 fully saturated rings. The number of ether oxygens (including phenoxy) is 1. The second-order valence-corrected chi connectivity index (χ2v) is 7.08. The number of thioether (sulfide) groups is 1. The van der Waals surface area contributed by atoms with E-state index in [0.29, 0.717) is 5.92 Å². The van der Waals surface area contributed by atoms with E-state index in [1.54, 1.807) is 0 Å². The number of nitrogens with zero attached hydrogens (tertiary/aromatic N) is 1. The van der Waals surface area contributed by atoms with Crippen LogP contribution >= 0.6 is 35.7 Å². The number of nitrogens with one attached hydrogen (secondary N) is 2. The van der Waals surface area contributed by atoms with Crippen molar-refractivity contribution in [1.82, 2.24) is 10.6 Å². The highest BCUT2D eigenvalue weighted by Crippen LogP contribution is 2.34. The first kappa shape index (κ1) is 22.6. The van der Waals surface area contributed by atoms with Crippen molar-refractivity contribution in [2.75, 3.05) is 38.2 Å². The molecule has 0 spiro atoms. The van der Waals surface area contributed by atoms with Crippen LogP contribution in [0, 0.1) is 5.92 Å². The van der Waals surface area contributed by atoms with Gasteiger partial charge in [0.1, 0.15) is 0 Å². The summed E-state index contributed by atoms with van der Waals surface area (Å²) >= 11 is 1.91. The first-order chi connectivity index (χ1) is 11.8. The molecular formula is C19H32IN3OS. The smallest absolute Gasteiger partial charge is 0.191 e. The molecule has 2 rings (SSSR count). The Morgan fingerprint density at radius 3 is 2.76 bits per heavy atom. The fraction of sp³-hybridized carbons (Fsp3) is 0.632. The van der Waals surface area contributed by atoms with Gasteiger partial charge in [-0.1, -0.05) is 30.3 Å². The molecule has 1 heterocycles. The zero-order valence-corrected chi connectivity index (χ0v) is 18.5. The number of hydrogen-bond donors (Lipinski definition) is 2. The Balaban J connectivity index is 0.00000312. The predicted molar refractivity (Wildman–Crippen MR) is 120 cm³/mol. The summed E-state index contributed by atoms with van der Waals surface area (Å²) in [5.74, 6) is 2.62. The molecule has 4 nitrogen and oxygen atoms in total. The minimum atomic E-state index is 0. The van der Waals surface area contributed by atoms with Crippen LogP contribution in [0.1, 0.15) is 37.9 Å². The zero-order chi connectivity index (χ0) is 17.0. The Hall–Kier alpha value is -0.470. The normalized spacial score (nSPS) is 20.2. The fourth-order valence-electron chi connectivity index (χ4n) is 2.96. The summed E-state index contributed by atoms with van der Waals surface area (Å²) in [4.78, 5) is 4.80. The second-order valence-electron chi connectivity index (χ2n) is 6.10. The average molecular weight is 477 g/mol. The number of guanidine groups is 1. The molecule has 142 valence electrons. The van der Waals surface area contributed by atoms with Crippen LogP contribution in [-0.4, -0.2) is 44.2 Å². The highest BCUT2D eigenvalue weighted by Gasteiger charge is 2.29. The van der Waals surface area contributed by atoms with Gasteiger partial charge in [-0.05, 0) is 43.8 Å². The van der Waals surface area contributed by atoms with Crippen LogP contribution in [0.4, 0.5) is 0 Å². The van der Waals surface area contributed by atoms with Gasteiger partial charge in [0.05, 0.1) is 6.10 Å². The molecule has 1 aliphatic rings. The molecule has 0 aliphatic carbocycles. The van der Waals surface area contributed by atoms with Gasteiger partial charge in [0, 0.05) is 32.2 Å². The van der Waals surface area contributed by atoms with E-state index < -0.39 is 0 Å². The molecule has 1 aromatic rings. The Morgan fingerprint density at radius 2 is 2.04 bits per heavy atom. The molecule has 1 aliphatic heterocycles. The van der Waals surface area contributed by atoms with Crippen LogP contribution in [-0.2, 0) is 4.74 Å². The number of rotatable bonds is 9. The summed E-state index contributed by atoms with van der Waals surface area (Å²) < 4.78 is 5.96. The molecule has 0 saturated carbocycles. The Bertz CT molecular complexity index is 487. The average Bonchev–Trinajstić information content (AvgIpc) is 3.08. The van der Waals surface area contributed by atoms with Crippen molar-refractivity contribution in [2.45, 2.75) is 32.3 Å². The lowest BCUT2D eigenvalue weighted by Crippen LogP contribution is -2.38. The third-order valence-electron chi connectivity index (χ3n) is 4.24. The van der Waals surface area contributed by atoms with E-state index in [1.165, 1.54) is 24.2 Å². The van der Waals surface area contributed by atoms with Crippen LogP contribution in [0.2, 0.25) is 0 Å². The van der Waals surface area contributed by atoms with Crippen molar-refractivity contribution in [3.8, 4) is 0 Å². The summed E-state index contributed by atoms with van der Waals surface area (Å²) in [6.45, 7) is 5.62. The van der Waals surface area contributed by atoms with Gasteiger partial charge < -0.3 is 15.4 Å². The van der Waals surface area contributed by atoms with Crippen molar-refractivity contribution < 1.29 is 4.74 Å². The predicted octanol–water partition coefficient (Wildman–Crippen LogP) is 4.08. The van der Waals surface area contributed by atoms with E-state index >= 15 is 0 Å². The van der Waals surface area contributed by atoms with Gasteiger partial charge >= 0.3 is 0 Å². The topological polar surface area (TPSA) is 45.7 Å². The fourth-order valence-corrected chi connectivity index (χ4v) is 3.45. The molecule has 1 saturated heterocycles. The molecule has 2 unspecified atom stereocenters. The molecule has 25 heavy (non-hydrogen) atoms. The molecule has 1 aromatic carbocycles. The number of benzene rings is 1. The largest absolute Gasteiger partial charge is 0.373 e. The number of aliphatic imine (C=N–C) groups is 1. The Labute approximate surface area is 174 Å². The van der Waals surface area contributed by atoms with Crippen LogP contribution in [0.3, 0.4) is 0 Å². The molecule has 2 atom stereocenters. The lowest BCUT2D eigenvalue weighted by molar-refractivity contribution is 0.0925. The minimum absolute atomic E-state index is 0. The summed E-state index contributed by atoms with van der Waals surface area (Å²) in [5, 5.41) is 6.79. The van der Waals surface area contributed by atoms with E-state index in [-0.39, 0.29) is 30.1 Å². The lowest BCUT2D eigenvalue weighted by Gasteiger charge is -2.18. The van der Waals surface area contributed by atoms with Crippen LogP contribution in [0.5, 0.6) is 0 Å². The van der Waals surface area contributed by atoms with Gasteiger partial charge in [0.2, 0.25) is 0 Å². The summed E-state index contributed by atoms with van der Waals surface area (Å²) in [5.41, 5.74) is 1.27. The maximum atomic E-state index is 5.96. The third kappa shape index (κ3) is 8.17. The highest BCUT2D eigenvalue weighted by atomic mass is 127. The van der Waals surface area contributed by atoms with Crippen LogP contribution < -0.4 is 10.6 Å². The van der Waals surface area contributed by atoms with E-state index in [9.17, 15) is 0 Å². The molecule has 2 N–H and O–H groups in total. The molecule has 0 amide bonds. The summed E-state index contributed by atoms with van der Waals surface area (Å²) in [6.07, 6.45) is 5.85. The lowest BCUT2D eigenvalue weighted by atomic mass is 9.95. The molecule has 0 bridgehead atoms. The number of hydrogen-bond acceptors (Lipinski definition) is 3. The summed E-state index contributed by atoms with van der Waals surface area (Å²) in [7, 11) is 0. The summed E-state index contributed by atoms with van der Waals surface area (Å²) in [6, 6.07) is 10.5. The van der Waals surface area contributed by atoms with E-state index in [1.807, 2.05) is 11.8 Å². The van der Waals surface area contributed by atoms with Gasteiger partial charge in [-0.15, -0.1) is 24.0 Å².